The summed E-state index contributed by atoms with van der Waals surface area (Å²) in [5.74, 6) is 6.47. The summed E-state index contributed by atoms with van der Waals surface area (Å²) in [6.45, 7) is 2.90. The molecule has 1 aromatic rings. The van der Waals surface area contributed by atoms with Crippen molar-refractivity contribution in [1.29, 1.82) is 0 Å². The molecule has 1 N–H and O–H groups in total. The van der Waals surface area contributed by atoms with Gasteiger partial charge in [0.1, 0.15) is 5.60 Å². The first-order valence-corrected chi connectivity index (χ1v) is 4.50. The zero-order chi connectivity index (χ0) is 9.31. The molecule has 0 aromatic carbocycles. The lowest BCUT2D eigenvalue weighted by molar-refractivity contribution is 0.212. The number of aromatic nitrogens is 2. The quantitative estimate of drug-likeness (QED) is 0.642. The van der Waals surface area contributed by atoms with Crippen molar-refractivity contribution in [2.75, 3.05) is 0 Å². The molecule has 0 bridgehead atoms. The highest BCUT2D eigenvalue weighted by Crippen LogP contribution is 2.33. The van der Waals surface area contributed by atoms with Gasteiger partial charge in [0.25, 0.3) is 0 Å². The van der Waals surface area contributed by atoms with Gasteiger partial charge in [-0.05, 0) is 25.7 Å². The monoisotopic (exact) mass is 176 g/mol. The molecule has 1 aliphatic rings. The minimum absolute atomic E-state index is 0.704. The van der Waals surface area contributed by atoms with Crippen LogP contribution in [0, 0.1) is 11.8 Å². The van der Waals surface area contributed by atoms with Crippen LogP contribution in [0.5, 0.6) is 0 Å². The second-order valence-electron chi connectivity index (χ2n) is 3.32. The van der Waals surface area contributed by atoms with E-state index in [1.54, 1.807) is 6.20 Å². The zero-order valence-electron chi connectivity index (χ0n) is 7.62. The van der Waals surface area contributed by atoms with E-state index in [9.17, 15) is 5.11 Å². The third-order valence-corrected chi connectivity index (χ3v) is 2.19. The van der Waals surface area contributed by atoms with E-state index < -0.39 is 5.60 Å². The molecule has 3 heteroatoms. The first kappa shape index (κ1) is 8.33. The van der Waals surface area contributed by atoms with Crippen molar-refractivity contribution in [2.45, 2.75) is 31.9 Å². The third-order valence-electron chi connectivity index (χ3n) is 2.19. The van der Waals surface area contributed by atoms with E-state index in [1.165, 1.54) is 0 Å². The van der Waals surface area contributed by atoms with Crippen molar-refractivity contribution >= 4 is 0 Å². The predicted molar refractivity (Wildman–Crippen MR) is 49.0 cm³/mol. The van der Waals surface area contributed by atoms with Gasteiger partial charge in [0.2, 0.25) is 0 Å². The van der Waals surface area contributed by atoms with Crippen molar-refractivity contribution < 1.29 is 5.11 Å². The fraction of sp³-hybridized carbons (Fsp3) is 0.500. The van der Waals surface area contributed by atoms with Crippen molar-refractivity contribution in [1.82, 2.24) is 9.55 Å². The van der Waals surface area contributed by atoms with E-state index in [-0.39, 0.29) is 0 Å². The average Bonchev–Trinajstić information content (AvgIpc) is 2.69. The highest BCUT2D eigenvalue weighted by molar-refractivity contribution is 5.30. The van der Waals surface area contributed by atoms with Crippen LogP contribution < -0.4 is 0 Å². The Morgan fingerprint density at radius 3 is 3.08 bits per heavy atom. The molecule has 3 nitrogen and oxygen atoms in total. The van der Waals surface area contributed by atoms with Gasteiger partial charge >= 0.3 is 0 Å². The molecular weight excluding hydrogens is 164 g/mol. The number of aryl methyl sites for hydroxylation is 1. The number of imidazole rings is 1. The van der Waals surface area contributed by atoms with Crippen LogP contribution in [0.2, 0.25) is 0 Å². The van der Waals surface area contributed by atoms with Crippen molar-refractivity contribution in [3.63, 3.8) is 0 Å². The molecule has 0 unspecified atom stereocenters. The van der Waals surface area contributed by atoms with Crippen LogP contribution in [0.25, 0.3) is 0 Å². The van der Waals surface area contributed by atoms with E-state index in [0.29, 0.717) is 0 Å². The first-order chi connectivity index (χ1) is 6.23. The second kappa shape index (κ2) is 2.90. The van der Waals surface area contributed by atoms with Gasteiger partial charge in [-0.3, -0.25) is 0 Å². The maximum Gasteiger partial charge on any atom is 0.185 e. The molecule has 68 valence electrons. The highest BCUT2D eigenvalue weighted by Gasteiger charge is 2.38. The van der Waals surface area contributed by atoms with E-state index in [0.717, 1.165) is 25.2 Å². The van der Waals surface area contributed by atoms with E-state index >= 15 is 0 Å². The standard InChI is InChI=1S/C10H12N2O/c1-2-12-8-7-11-9(12)3-4-10(13)5-6-10/h7-8,13H,2,5-6H2,1H3. The summed E-state index contributed by atoms with van der Waals surface area (Å²) in [7, 11) is 0. The van der Waals surface area contributed by atoms with Crippen molar-refractivity contribution in [2.24, 2.45) is 0 Å². The normalized spacial score (nSPS) is 17.7. The number of nitrogens with zero attached hydrogens (tertiary/aromatic N) is 2. The summed E-state index contributed by atoms with van der Waals surface area (Å²) in [6.07, 6.45) is 5.21. The molecule has 1 aliphatic carbocycles. The summed E-state index contributed by atoms with van der Waals surface area (Å²) in [4.78, 5) is 4.10. The van der Waals surface area contributed by atoms with E-state index in [1.807, 2.05) is 17.7 Å². The molecule has 1 saturated carbocycles. The van der Waals surface area contributed by atoms with Gasteiger partial charge in [0, 0.05) is 18.9 Å². The third kappa shape index (κ3) is 1.73. The van der Waals surface area contributed by atoms with Crippen LogP contribution in [0.15, 0.2) is 12.4 Å². The Labute approximate surface area is 77.4 Å². The fourth-order valence-electron chi connectivity index (χ4n) is 1.10. The SMILES string of the molecule is CCn1ccnc1C#CC1(O)CC1. The fourth-order valence-corrected chi connectivity index (χ4v) is 1.10. The molecule has 1 heterocycles. The van der Waals surface area contributed by atoms with Gasteiger partial charge in [0.15, 0.2) is 5.82 Å². The Bertz CT molecular complexity index is 366. The lowest BCUT2D eigenvalue weighted by Crippen LogP contribution is -2.02. The van der Waals surface area contributed by atoms with Gasteiger partial charge in [-0.1, -0.05) is 5.92 Å². The highest BCUT2D eigenvalue weighted by atomic mass is 16.3. The Morgan fingerprint density at radius 1 is 1.69 bits per heavy atom. The topological polar surface area (TPSA) is 38.0 Å². The molecule has 1 fully saturated rings. The minimum atomic E-state index is -0.704. The summed E-state index contributed by atoms with van der Waals surface area (Å²) < 4.78 is 1.96. The van der Waals surface area contributed by atoms with Crippen LogP contribution in [0.1, 0.15) is 25.6 Å². The van der Waals surface area contributed by atoms with Gasteiger partial charge in [-0.25, -0.2) is 4.98 Å². The van der Waals surface area contributed by atoms with Gasteiger partial charge in [-0.15, -0.1) is 0 Å². The van der Waals surface area contributed by atoms with E-state index in [2.05, 4.69) is 16.8 Å². The maximum atomic E-state index is 9.48. The van der Waals surface area contributed by atoms with Crippen LogP contribution in [-0.2, 0) is 6.54 Å². The lowest BCUT2D eigenvalue weighted by atomic mass is 10.3. The van der Waals surface area contributed by atoms with Crippen LogP contribution in [0.4, 0.5) is 0 Å². The molecule has 0 amide bonds. The van der Waals surface area contributed by atoms with Gasteiger partial charge in [0.05, 0.1) is 0 Å². The summed E-state index contributed by atoms with van der Waals surface area (Å²) in [5, 5.41) is 9.48. The molecule has 13 heavy (non-hydrogen) atoms. The Hall–Kier alpha value is -1.27. The first-order valence-electron chi connectivity index (χ1n) is 4.50. The van der Waals surface area contributed by atoms with Gasteiger partial charge < -0.3 is 9.67 Å². The largest absolute Gasteiger partial charge is 0.378 e. The number of rotatable bonds is 1. The Kier molecular flexibility index (Phi) is 1.86. The molecule has 1 aromatic heterocycles. The Morgan fingerprint density at radius 2 is 2.46 bits per heavy atom. The number of hydrogen-bond acceptors (Lipinski definition) is 2. The zero-order valence-corrected chi connectivity index (χ0v) is 7.62. The molecule has 0 aliphatic heterocycles. The van der Waals surface area contributed by atoms with Crippen molar-refractivity contribution in [3.8, 4) is 11.8 Å². The lowest BCUT2D eigenvalue weighted by Gasteiger charge is -1.97. The van der Waals surface area contributed by atoms with Gasteiger partial charge in [-0.2, -0.15) is 0 Å². The number of aliphatic hydroxyl groups is 1. The Balaban J connectivity index is 2.19. The summed E-state index contributed by atoms with van der Waals surface area (Å²) in [6, 6.07) is 0. The summed E-state index contributed by atoms with van der Waals surface area (Å²) >= 11 is 0. The van der Waals surface area contributed by atoms with Crippen LogP contribution in [-0.4, -0.2) is 20.3 Å². The summed E-state index contributed by atoms with van der Waals surface area (Å²) in [5.41, 5.74) is -0.704. The van der Waals surface area contributed by atoms with Crippen LogP contribution >= 0.6 is 0 Å². The van der Waals surface area contributed by atoms with E-state index in [4.69, 9.17) is 0 Å². The molecule has 0 atom stereocenters. The molecule has 0 spiro atoms. The second-order valence-corrected chi connectivity index (χ2v) is 3.32. The van der Waals surface area contributed by atoms with Crippen molar-refractivity contribution in [3.05, 3.63) is 18.2 Å². The maximum absolute atomic E-state index is 9.48. The number of hydrogen-bond donors (Lipinski definition) is 1. The molecule has 0 radical (unpaired) electrons. The molecule has 2 rings (SSSR count). The minimum Gasteiger partial charge on any atom is -0.378 e. The predicted octanol–water partition coefficient (Wildman–Crippen LogP) is 0.779. The van der Waals surface area contributed by atoms with Crippen LogP contribution in [0.3, 0.4) is 0 Å². The smallest absolute Gasteiger partial charge is 0.185 e. The molecule has 0 saturated heterocycles. The molecular formula is C10H12N2O. The average molecular weight is 176 g/mol.